The van der Waals surface area contributed by atoms with Crippen LogP contribution in [0, 0.1) is 0 Å². The second-order valence-corrected chi connectivity index (χ2v) is 8.20. The van der Waals surface area contributed by atoms with Gasteiger partial charge < -0.3 is 10.3 Å². The number of amides is 3. The Kier molecular flexibility index (Phi) is 5.92. The van der Waals surface area contributed by atoms with E-state index in [1.165, 1.54) is 0 Å². The number of rotatable bonds is 6. The van der Waals surface area contributed by atoms with Crippen LogP contribution in [0.3, 0.4) is 0 Å². The lowest BCUT2D eigenvalue weighted by Crippen LogP contribution is -2.37. The number of thioether (sulfide) groups is 1. The molecule has 2 aromatic carbocycles. The summed E-state index contributed by atoms with van der Waals surface area (Å²) in [6.45, 7) is 0.329. The number of carbonyl (C=O) groups is 3. The minimum atomic E-state index is -0.356. The highest BCUT2D eigenvalue weighted by Crippen LogP contribution is 2.32. The van der Waals surface area contributed by atoms with Crippen LogP contribution < -0.4 is 5.32 Å². The molecule has 30 heavy (non-hydrogen) atoms. The molecule has 2 N–H and O–H groups in total. The molecule has 0 aliphatic carbocycles. The van der Waals surface area contributed by atoms with Crippen LogP contribution in [0.4, 0.5) is 4.79 Å². The van der Waals surface area contributed by atoms with Gasteiger partial charge in [0.1, 0.15) is 0 Å². The Morgan fingerprint density at radius 3 is 2.70 bits per heavy atom. The van der Waals surface area contributed by atoms with Crippen LogP contribution in [0.2, 0.25) is 5.02 Å². The number of aromatic nitrogens is 1. The van der Waals surface area contributed by atoms with Crippen LogP contribution >= 0.6 is 23.4 Å². The maximum Gasteiger partial charge on any atom is 0.293 e. The number of benzene rings is 2. The number of hydrogen-bond acceptors (Lipinski definition) is 4. The van der Waals surface area contributed by atoms with E-state index in [9.17, 15) is 14.4 Å². The molecule has 1 aromatic heterocycles. The zero-order valence-electron chi connectivity index (χ0n) is 15.9. The lowest BCUT2D eigenvalue weighted by atomic mass is 10.1. The van der Waals surface area contributed by atoms with Crippen LogP contribution in [0.1, 0.15) is 11.1 Å². The first-order valence-corrected chi connectivity index (χ1v) is 10.5. The van der Waals surface area contributed by atoms with Crippen molar-refractivity contribution < 1.29 is 14.4 Å². The largest absolute Gasteiger partial charge is 0.361 e. The summed E-state index contributed by atoms with van der Waals surface area (Å²) in [6, 6.07) is 14.8. The first-order chi connectivity index (χ1) is 14.5. The first-order valence-electron chi connectivity index (χ1n) is 9.34. The van der Waals surface area contributed by atoms with Crippen molar-refractivity contribution in [2.75, 3.05) is 13.1 Å². The molecule has 3 aromatic rings. The minimum absolute atomic E-state index is 0.127. The third-order valence-electron chi connectivity index (χ3n) is 4.72. The third-order valence-corrected chi connectivity index (χ3v) is 5.88. The molecule has 0 bridgehead atoms. The highest BCUT2D eigenvalue weighted by atomic mass is 35.5. The van der Waals surface area contributed by atoms with Gasteiger partial charge in [0.25, 0.3) is 11.1 Å². The summed E-state index contributed by atoms with van der Waals surface area (Å²) in [5.41, 5.74) is 2.67. The fourth-order valence-electron chi connectivity index (χ4n) is 3.22. The lowest BCUT2D eigenvalue weighted by molar-refractivity contribution is -0.124. The molecule has 0 unspecified atom stereocenters. The Balaban J connectivity index is 1.32. The van der Waals surface area contributed by atoms with Gasteiger partial charge in [0.2, 0.25) is 5.91 Å². The lowest BCUT2D eigenvalue weighted by Gasteiger charge is -2.13. The Hall–Kier alpha value is -3.03. The predicted octanol–water partition coefficient (Wildman–Crippen LogP) is 4.22. The molecule has 0 atom stereocenters. The number of H-pyrrole nitrogens is 1. The van der Waals surface area contributed by atoms with Crippen LogP contribution in [0.5, 0.6) is 0 Å². The third kappa shape index (κ3) is 4.42. The number of carbonyl (C=O) groups excluding carboxylic acids is 3. The Bertz CT molecular complexity index is 1150. The maximum atomic E-state index is 12.5. The molecular formula is C22H18ClN3O3S. The van der Waals surface area contributed by atoms with Gasteiger partial charge in [-0.1, -0.05) is 41.9 Å². The van der Waals surface area contributed by atoms with Crippen LogP contribution in [-0.2, 0) is 16.0 Å². The maximum absolute atomic E-state index is 12.5. The minimum Gasteiger partial charge on any atom is -0.361 e. The van der Waals surface area contributed by atoms with Crippen molar-refractivity contribution in [3.8, 4) is 0 Å². The molecule has 1 saturated heterocycles. The van der Waals surface area contributed by atoms with E-state index in [0.29, 0.717) is 9.93 Å². The summed E-state index contributed by atoms with van der Waals surface area (Å²) in [5, 5.41) is 4.05. The molecule has 8 heteroatoms. The monoisotopic (exact) mass is 439 g/mol. The van der Waals surface area contributed by atoms with Gasteiger partial charge in [-0.05, 0) is 47.2 Å². The summed E-state index contributed by atoms with van der Waals surface area (Å²) >= 11 is 6.76. The van der Waals surface area contributed by atoms with E-state index >= 15 is 0 Å². The van der Waals surface area contributed by atoms with Crippen molar-refractivity contribution in [1.82, 2.24) is 15.2 Å². The van der Waals surface area contributed by atoms with Crippen molar-refractivity contribution in [3.05, 3.63) is 75.8 Å². The Morgan fingerprint density at radius 1 is 1.13 bits per heavy atom. The second-order valence-electron chi connectivity index (χ2n) is 6.77. The average Bonchev–Trinajstić information content (AvgIpc) is 3.25. The van der Waals surface area contributed by atoms with Crippen LogP contribution in [0.15, 0.2) is 59.6 Å². The molecule has 3 amide bonds. The van der Waals surface area contributed by atoms with E-state index in [1.54, 1.807) is 30.3 Å². The van der Waals surface area contributed by atoms with Gasteiger partial charge in [0.15, 0.2) is 0 Å². The van der Waals surface area contributed by atoms with Gasteiger partial charge in [-0.15, -0.1) is 0 Å². The highest BCUT2D eigenvalue weighted by Gasteiger charge is 2.34. The summed E-state index contributed by atoms with van der Waals surface area (Å²) in [6.07, 6.45) is 3.71. The zero-order valence-corrected chi connectivity index (χ0v) is 17.4. The van der Waals surface area contributed by atoms with E-state index in [1.807, 2.05) is 30.5 Å². The van der Waals surface area contributed by atoms with Gasteiger partial charge in [-0.3, -0.25) is 19.3 Å². The second kappa shape index (κ2) is 8.77. The molecule has 0 saturated carbocycles. The molecular weight excluding hydrogens is 422 g/mol. The summed E-state index contributed by atoms with van der Waals surface area (Å²) in [5.74, 6) is -0.519. The topological polar surface area (TPSA) is 82.3 Å². The number of nitrogens with one attached hydrogen (secondary N) is 2. The van der Waals surface area contributed by atoms with Crippen molar-refractivity contribution in [2.45, 2.75) is 6.42 Å². The van der Waals surface area contributed by atoms with Gasteiger partial charge in [0, 0.05) is 35.2 Å². The van der Waals surface area contributed by atoms with Crippen molar-refractivity contribution in [3.63, 3.8) is 0 Å². The van der Waals surface area contributed by atoms with Crippen molar-refractivity contribution in [1.29, 1.82) is 0 Å². The number of para-hydroxylation sites is 1. The molecule has 0 radical (unpaired) electrons. The summed E-state index contributed by atoms with van der Waals surface area (Å²) in [7, 11) is 0. The van der Waals surface area contributed by atoms with E-state index in [2.05, 4.69) is 10.3 Å². The zero-order chi connectivity index (χ0) is 21.1. The molecule has 0 spiro atoms. The van der Waals surface area contributed by atoms with Crippen LogP contribution in [-0.4, -0.2) is 40.0 Å². The summed E-state index contributed by atoms with van der Waals surface area (Å²) in [4.78, 5) is 41.7. The molecule has 4 rings (SSSR count). The fraction of sp³-hybridized carbons (Fsp3) is 0.136. The quantitative estimate of drug-likeness (QED) is 0.563. The number of hydrogen-bond donors (Lipinski definition) is 2. The Labute approximate surface area is 182 Å². The fourth-order valence-corrected chi connectivity index (χ4v) is 4.21. The number of fused-ring (bicyclic) bond motifs is 1. The molecule has 6 nitrogen and oxygen atoms in total. The number of halogens is 1. The Morgan fingerprint density at radius 2 is 1.90 bits per heavy atom. The van der Waals surface area contributed by atoms with Crippen molar-refractivity contribution >= 4 is 57.4 Å². The van der Waals surface area contributed by atoms with Crippen LogP contribution in [0.25, 0.3) is 17.0 Å². The number of aromatic amines is 1. The normalized spacial score (nSPS) is 15.4. The number of imide groups is 1. The number of nitrogens with zero attached hydrogens (tertiary/aromatic N) is 1. The molecule has 152 valence electrons. The van der Waals surface area contributed by atoms with E-state index in [-0.39, 0.29) is 36.6 Å². The molecule has 1 aliphatic heterocycles. The van der Waals surface area contributed by atoms with E-state index < -0.39 is 0 Å². The standard InChI is InChI=1S/C22H18ClN3O3S/c23-16-7-5-14(6-8-16)11-19-21(28)26(22(29)30-19)10-9-24-20(27)12-15-13-25-18-4-2-1-3-17(15)18/h1-8,11,13,25H,9-10,12H2,(H,24,27). The smallest absolute Gasteiger partial charge is 0.293 e. The predicted molar refractivity (Wildman–Crippen MR) is 119 cm³/mol. The SMILES string of the molecule is O=C(Cc1c[nH]c2ccccc12)NCCN1C(=O)SC(=Cc2ccc(Cl)cc2)C1=O. The average molecular weight is 440 g/mol. The van der Waals surface area contributed by atoms with Gasteiger partial charge >= 0.3 is 0 Å². The van der Waals surface area contributed by atoms with Gasteiger partial charge in [-0.25, -0.2) is 0 Å². The van der Waals surface area contributed by atoms with Gasteiger partial charge in [-0.2, -0.15) is 0 Å². The van der Waals surface area contributed by atoms with Gasteiger partial charge in [0.05, 0.1) is 11.3 Å². The summed E-state index contributed by atoms with van der Waals surface area (Å²) < 4.78 is 0. The first kappa shape index (κ1) is 20.3. The van der Waals surface area contributed by atoms with E-state index in [4.69, 9.17) is 11.6 Å². The highest BCUT2D eigenvalue weighted by molar-refractivity contribution is 8.18. The molecule has 1 fully saturated rings. The molecule has 1 aliphatic rings. The van der Waals surface area contributed by atoms with E-state index in [0.717, 1.165) is 38.7 Å². The van der Waals surface area contributed by atoms with Crippen molar-refractivity contribution in [2.24, 2.45) is 0 Å². The molecule has 2 heterocycles.